The van der Waals surface area contributed by atoms with Crippen LogP contribution in [0.15, 0.2) is 40.6 Å². The van der Waals surface area contributed by atoms with Crippen molar-refractivity contribution < 1.29 is 17.9 Å². The summed E-state index contributed by atoms with van der Waals surface area (Å²) >= 11 is 1.28. The summed E-state index contributed by atoms with van der Waals surface area (Å²) in [5, 5.41) is 3.09. The highest BCUT2D eigenvalue weighted by atomic mass is 32.2. The van der Waals surface area contributed by atoms with Crippen LogP contribution in [0.2, 0.25) is 0 Å². The van der Waals surface area contributed by atoms with Gasteiger partial charge in [-0.2, -0.15) is 4.31 Å². The van der Waals surface area contributed by atoms with E-state index >= 15 is 0 Å². The number of amides is 1. The van der Waals surface area contributed by atoms with E-state index < -0.39 is 10.0 Å². The molecule has 0 radical (unpaired) electrons. The van der Waals surface area contributed by atoms with Crippen LogP contribution in [0.5, 0.6) is 5.75 Å². The Hall–Kier alpha value is -1.90. The molecule has 8 heteroatoms. The van der Waals surface area contributed by atoms with Gasteiger partial charge in [-0.15, -0.1) is 11.3 Å². The zero-order valence-corrected chi connectivity index (χ0v) is 21.0. The second-order valence-electron chi connectivity index (χ2n) is 8.83. The fourth-order valence-electron chi connectivity index (χ4n) is 3.88. The lowest BCUT2D eigenvalue weighted by molar-refractivity contribution is -0.126. The minimum absolute atomic E-state index is 0.0148. The largest absolute Gasteiger partial charge is 0.491 e. The summed E-state index contributed by atoms with van der Waals surface area (Å²) in [7, 11) is -3.53. The minimum atomic E-state index is -3.53. The third-order valence-corrected chi connectivity index (χ3v) is 8.95. The number of sulfonamides is 1. The van der Waals surface area contributed by atoms with E-state index in [2.05, 4.69) is 17.4 Å². The molecule has 2 aromatic rings. The Kier molecular flexibility index (Phi) is 8.36. The molecule has 1 aromatic heterocycles. The highest BCUT2D eigenvalue weighted by Gasteiger charge is 2.34. The van der Waals surface area contributed by atoms with Gasteiger partial charge in [0.2, 0.25) is 5.91 Å². The van der Waals surface area contributed by atoms with Gasteiger partial charge < -0.3 is 10.1 Å². The lowest BCUT2D eigenvalue weighted by atomic mass is 9.98. The van der Waals surface area contributed by atoms with Gasteiger partial charge in [0.25, 0.3) is 10.0 Å². The summed E-state index contributed by atoms with van der Waals surface area (Å²) in [6.45, 7) is 8.61. The van der Waals surface area contributed by atoms with Crippen LogP contribution in [0, 0.1) is 12.8 Å². The molecule has 2 unspecified atom stereocenters. The van der Waals surface area contributed by atoms with Crippen molar-refractivity contribution >= 4 is 27.3 Å². The number of piperidine rings is 1. The zero-order valence-electron chi connectivity index (χ0n) is 19.3. The van der Waals surface area contributed by atoms with Crippen molar-refractivity contribution in [2.75, 3.05) is 13.1 Å². The molecular formula is C24H34N2O4S2. The van der Waals surface area contributed by atoms with Gasteiger partial charge in [-0.25, -0.2) is 8.42 Å². The lowest BCUT2D eigenvalue weighted by Crippen LogP contribution is -2.47. The van der Waals surface area contributed by atoms with Gasteiger partial charge in [0.05, 0.1) is 12.0 Å². The number of nitrogens with zero attached hydrogens (tertiary/aromatic N) is 1. The Balaban J connectivity index is 1.50. The molecule has 0 aliphatic carbocycles. The molecule has 0 bridgehead atoms. The summed E-state index contributed by atoms with van der Waals surface area (Å²) in [5.74, 6) is 0.495. The third kappa shape index (κ3) is 6.56. The van der Waals surface area contributed by atoms with E-state index in [1.165, 1.54) is 21.2 Å². The van der Waals surface area contributed by atoms with Gasteiger partial charge in [-0.3, -0.25) is 4.79 Å². The average Bonchev–Trinajstić information content (AvgIpc) is 3.20. The molecule has 1 aliphatic rings. The Labute approximate surface area is 196 Å². The molecule has 3 rings (SSSR count). The molecule has 0 saturated carbocycles. The Morgan fingerprint density at radius 1 is 1.19 bits per heavy atom. The Morgan fingerprint density at radius 2 is 1.91 bits per heavy atom. The summed E-state index contributed by atoms with van der Waals surface area (Å²) in [5.41, 5.74) is 1.20. The molecule has 1 N–H and O–H groups in total. The van der Waals surface area contributed by atoms with Gasteiger partial charge in [0.1, 0.15) is 9.96 Å². The van der Waals surface area contributed by atoms with Crippen molar-refractivity contribution in [3.63, 3.8) is 0 Å². The molecule has 1 saturated heterocycles. The number of hydrogen-bond acceptors (Lipinski definition) is 5. The highest BCUT2D eigenvalue weighted by Crippen LogP contribution is 2.28. The van der Waals surface area contributed by atoms with Crippen LogP contribution in [0.4, 0.5) is 0 Å². The molecule has 2 atom stereocenters. The van der Waals surface area contributed by atoms with Gasteiger partial charge in [0.15, 0.2) is 0 Å². The van der Waals surface area contributed by atoms with Gasteiger partial charge in [-0.05, 0) is 83.2 Å². The molecule has 2 heterocycles. The molecular weight excluding hydrogens is 444 g/mol. The SMILES string of the molecule is Cc1ccc(S(=O)(=O)N2CCCC(C(=O)NC(C)CCc3ccc(OC(C)C)cc3)C2)s1. The van der Waals surface area contributed by atoms with Crippen molar-refractivity contribution in [2.24, 2.45) is 5.92 Å². The van der Waals surface area contributed by atoms with E-state index in [4.69, 9.17) is 4.74 Å². The van der Waals surface area contributed by atoms with Crippen molar-refractivity contribution in [2.45, 2.75) is 69.7 Å². The number of aryl methyl sites for hydroxylation is 2. The van der Waals surface area contributed by atoms with Gasteiger partial charge in [-0.1, -0.05) is 12.1 Å². The van der Waals surface area contributed by atoms with E-state index in [-0.39, 0.29) is 30.5 Å². The molecule has 1 fully saturated rings. The van der Waals surface area contributed by atoms with Gasteiger partial charge >= 0.3 is 0 Å². The Morgan fingerprint density at radius 3 is 2.53 bits per heavy atom. The van der Waals surface area contributed by atoms with Crippen LogP contribution in [0.25, 0.3) is 0 Å². The fraction of sp³-hybridized carbons (Fsp3) is 0.542. The molecule has 1 amide bonds. The zero-order chi connectivity index (χ0) is 23.3. The predicted molar refractivity (Wildman–Crippen MR) is 129 cm³/mol. The van der Waals surface area contributed by atoms with E-state index in [0.29, 0.717) is 23.6 Å². The standard InChI is InChI=1S/C24H34N2O4S2/c1-17(2)30-22-12-10-20(11-13-22)9-7-18(3)25-24(27)21-6-5-15-26(16-21)32(28,29)23-14-8-19(4)31-23/h8,10-14,17-18,21H,5-7,9,15-16H2,1-4H3,(H,25,27). The lowest BCUT2D eigenvalue weighted by Gasteiger charge is -2.31. The maximum atomic E-state index is 12.9. The van der Waals surface area contributed by atoms with Crippen molar-refractivity contribution in [3.8, 4) is 5.75 Å². The molecule has 1 aromatic carbocycles. The van der Waals surface area contributed by atoms with Crippen LogP contribution < -0.4 is 10.1 Å². The smallest absolute Gasteiger partial charge is 0.252 e. The maximum Gasteiger partial charge on any atom is 0.252 e. The van der Waals surface area contributed by atoms with Gasteiger partial charge in [0, 0.05) is 24.0 Å². The molecule has 176 valence electrons. The first kappa shape index (κ1) is 24.7. The van der Waals surface area contributed by atoms with Crippen LogP contribution in [0.3, 0.4) is 0 Å². The topological polar surface area (TPSA) is 75.7 Å². The van der Waals surface area contributed by atoms with Crippen molar-refractivity contribution in [3.05, 3.63) is 46.8 Å². The van der Waals surface area contributed by atoms with Crippen LogP contribution in [-0.4, -0.2) is 43.9 Å². The highest BCUT2D eigenvalue weighted by molar-refractivity contribution is 7.91. The first-order valence-electron chi connectivity index (χ1n) is 11.3. The third-order valence-electron chi connectivity index (χ3n) is 5.61. The first-order valence-corrected chi connectivity index (χ1v) is 13.5. The van der Waals surface area contributed by atoms with Crippen molar-refractivity contribution in [1.29, 1.82) is 0 Å². The number of thiophene rings is 1. The van der Waals surface area contributed by atoms with E-state index in [0.717, 1.165) is 23.5 Å². The average molecular weight is 479 g/mol. The minimum Gasteiger partial charge on any atom is -0.491 e. The maximum absolute atomic E-state index is 12.9. The van der Waals surface area contributed by atoms with Crippen LogP contribution in [-0.2, 0) is 21.2 Å². The number of nitrogens with one attached hydrogen (secondary N) is 1. The summed E-state index contributed by atoms with van der Waals surface area (Å²) in [4.78, 5) is 13.8. The second-order valence-corrected chi connectivity index (χ2v) is 12.3. The number of rotatable bonds is 9. The monoisotopic (exact) mass is 478 g/mol. The summed E-state index contributed by atoms with van der Waals surface area (Å²) in [6.07, 6.45) is 3.23. The summed E-state index contributed by atoms with van der Waals surface area (Å²) in [6, 6.07) is 11.6. The molecule has 0 spiro atoms. The number of carbonyl (C=O) groups excluding carboxylic acids is 1. The van der Waals surface area contributed by atoms with Crippen LogP contribution >= 0.6 is 11.3 Å². The number of benzene rings is 1. The van der Waals surface area contributed by atoms with E-state index in [1.807, 2.05) is 45.9 Å². The second kappa shape index (κ2) is 10.8. The number of ether oxygens (including phenoxy) is 1. The van der Waals surface area contributed by atoms with Crippen LogP contribution in [0.1, 0.15) is 50.5 Å². The number of carbonyl (C=O) groups is 1. The normalized spacial score (nSPS) is 18.5. The van der Waals surface area contributed by atoms with E-state index in [1.54, 1.807) is 6.07 Å². The molecule has 1 aliphatic heterocycles. The Bertz CT molecular complexity index is 999. The van der Waals surface area contributed by atoms with Crippen molar-refractivity contribution in [1.82, 2.24) is 9.62 Å². The fourth-order valence-corrected chi connectivity index (χ4v) is 6.84. The number of hydrogen-bond donors (Lipinski definition) is 1. The summed E-state index contributed by atoms with van der Waals surface area (Å²) < 4.78 is 33.4. The molecule has 6 nitrogen and oxygen atoms in total. The first-order chi connectivity index (χ1) is 15.1. The molecule has 32 heavy (non-hydrogen) atoms. The van der Waals surface area contributed by atoms with E-state index in [9.17, 15) is 13.2 Å². The quantitative estimate of drug-likeness (QED) is 0.580. The predicted octanol–water partition coefficient (Wildman–Crippen LogP) is 4.38.